The van der Waals surface area contributed by atoms with Crippen LogP contribution < -0.4 is 15.7 Å². The molecule has 3 aromatic rings. The lowest BCUT2D eigenvalue weighted by atomic mass is 10.1. The first kappa shape index (κ1) is 17.2. The number of nitrogens with zero attached hydrogens (tertiary/aromatic N) is 1. The van der Waals surface area contributed by atoms with Crippen LogP contribution in [-0.2, 0) is 4.74 Å². The number of hydrogen-bond donors (Lipinski definition) is 1. The van der Waals surface area contributed by atoms with E-state index in [2.05, 4.69) is 5.43 Å². The molecule has 0 spiro atoms. The van der Waals surface area contributed by atoms with E-state index in [1.54, 1.807) is 48.5 Å². The van der Waals surface area contributed by atoms with E-state index in [0.29, 0.717) is 22.1 Å². The van der Waals surface area contributed by atoms with Gasteiger partial charge in [0.2, 0.25) is 0 Å². The third-order valence-corrected chi connectivity index (χ3v) is 3.90. The van der Waals surface area contributed by atoms with Crippen LogP contribution in [0.1, 0.15) is 20.7 Å². The van der Waals surface area contributed by atoms with Crippen molar-refractivity contribution in [3.8, 4) is 5.75 Å². The van der Waals surface area contributed by atoms with Crippen molar-refractivity contribution in [2.45, 2.75) is 0 Å². The number of benzene rings is 2. The van der Waals surface area contributed by atoms with Crippen LogP contribution >= 0.6 is 0 Å². The Morgan fingerprint density at radius 2 is 1.62 bits per heavy atom. The minimum absolute atomic E-state index is 0.178. The van der Waals surface area contributed by atoms with Crippen LogP contribution in [0.5, 0.6) is 5.75 Å². The van der Waals surface area contributed by atoms with Crippen LogP contribution in [0.25, 0.3) is 10.8 Å². The number of rotatable bonds is 4. The molecule has 1 amide bonds. The number of fused-ring (bicyclic) bond motifs is 1. The molecule has 0 saturated heterocycles. The maximum absolute atomic E-state index is 12.6. The molecule has 0 aliphatic rings. The van der Waals surface area contributed by atoms with Gasteiger partial charge in [-0.2, -0.15) is 0 Å². The van der Waals surface area contributed by atoms with Gasteiger partial charge in [0, 0.05) is 22.5 Å². The Hall–Kier alpha value is -3.61. The van der Waals surface area contributed by atoms with Gasteiger partial charge >= 0.3 is 5.97 Å². The van der Waals surface area contributed by atoms with Crippen LogP contribution in [0.15, 0.2) is 59.5 Å². The van der Waals surface area contributed by atoms with Gasteiger partial charge in [0.25, 0.3) is 11.5 Å². The van der Waals surface area contributed by atoms with Crippen molar-refractivity contribution in [3.05, 3.63) is 76.2 Å². The topological polar surface area (TPSA) is 86.6 Å². The van der Waals surface area contributed by atoms with E-state index < -0.39 is 17.4 Å². The van der Waals surface area contributed by atoms with E-state index in [-0.39, 0.29) is 5.56 Å². The van der Waals surface area contributed by atoms with Gasteiger partial charge in [-0.3, -0.25) is 15.0 Å². The number of esters is 1. The highest BCUT2D eigenvalue weighted by Crippen LogP contribution is 2.16. The maximum atomic E-state index is 12.6. The smallest absolute Gasteiger partial charge is 0.340 e. The quantitative estimate of drug-likeness (QED) is 0.727. The molecule has 0 aliphatic heterocycles. The van der Waals surface area contributed by atoms with Crippen LogP contribution in [0, 0.1) is 0 Å². The molecule has 0 radical (unpaired) electrons. The molecule has 0 saturated carbocycles. The summed E-state index contributed by atoms with van der Waals surface area (Å²) in [5.41, 5.74) is 2.56. The Labute approximate surface area is 148 Å². The molecule has 2 aromatic carbocycles. The standard InChI is InChI=1S/C19H16N2O5/c1-25-13-9-7-12(8-10-13)17(22)20-21-11-16(19(24)26-2)14-5-3-4-6-15(14)18(21)23/h3-11H,1-2H3,(H,20,22). The van der Waals surface area contributed by atoms with E-state index in [1.165, 1.54) is 20.4 Å². The highest BCUT2D eigenvalue weighted by Gasteiger charge is 2.16. The van der Waals surface area contributed by atoms with E-state index in [1.807, 2.05) is 0 Å². The molecule has 0 bridgehead atoms. The van der Waals surface area contributed by atoms with Crippen LogP contribution in [0.2, 0.25) is 0 Å². The molecule has 26 heavy (non-hydrogen) atoms. The van der Waals surface area contributed by atoms with Gasteiger partial charge in [-0.1, -0.05) is 18.2 Å². The van der Waals surface area contributed by atoms with Crippen molar-refractivity contribution in [2.75, 3.05) is 19.6 Å². The maximum Gasteiger partial charge on any atom is 0.340 e. The summed E-state index contributed by atoms with van der Waals surface area (Å²) in [5.74, 6) is -0.494. The fourth-order valence-electron chi connectivity index (χ4n) is 2.56. The zero-order valence-electron chi connectivity index (χ0n) is 14.2. The number of ether oxygens (including phenoxy) is 2. The van der Waals surface area contributed by atoms with Gasteiger partial charge in [0.05, 0.1) is 19.8 Å². The third-order valence-electron chi connectivity index (χ3n) is 3.90. The number of pyridine rings is 1. The lowest BCUT2D eigenvalue weighted by molar-refractivity contribution is 0.0601. The molecule has 7 nitrogen and oxygen atoms in total. The van der Waals surface area contributed by atoms with Gasteiger partial charge in [0.15, 0.2) is 0 Å². The third kappa shape index (κ3) is 3.14. The number of carbonyl (C=O) groups is 2. The van der Waals surface area contributed by atoms with Crippen LogP contribution in [0.3, 0.4) is 0 Å². The molecule has 0 unspecified atom stereocenters. The number of aromatic nitrogens is 1. The van der Waals surface area contributed by atoms with Gasteiger partial charge in [0.1, 0.15) is 5.75 Å². The van der Waals surface area contributed by atoms with Gasteiger partial charge < -0.3 is 9.47 Å². The molecule has 1 N–H and O–H groups in total. The van der Waals surface area contributed by atoms with Crippen molar-refractivity contribution in [1.29, 1.82) is 0 Å². The molecule has 0 aliphatic carbocycles. The summed E-state index contributed by atoms with van der Waals surface area (Å²) < 4.78 is 10.8. The first-order valence-electron chi connectivity index (χ1n) is 7.73. The van der Waals surface area contributed by atoms with Gasteiger partial charge in [-0.05, 0) is 30.3 Å². The summed E-state index contributed by atoms with van der Waals surface area (Å²) in [5, 5.41) is 0.754. The second-order valence-corrected chi connectivity index (χ2v) is 5.42. The largest absolute Gasteiger partial charge is 0.497 e. The number of hydrogen-bond acceptors (Lipinski definition) is 5. The molecular formula is C19H16N2O5. The van der Waals surface area contributed by atoms with Crippen LogP contribution in [-0.4, -0.2) is 30.8 Å². The molecular weight excluding hydrogens is 336 g/mol. The average molecular weight is 352 g/mol. The lowest BCUT2D eigenvalue weighted by Gasteiger charge is -2.12. The predicted molar refractivity (Wildman–Crippen MR) is 96.2 cm³/mol. The number of carbonyl (C=O) groups excluding carboxylic acids is 2. The highest BCUT2D eigenvalue weighted by atomic mass is 16.5. The Bertz CT molecular complexity index is 1040. The summed E-state index contributed by atoms with van der Waals surface area (Å²) >= 11 is 0. The van der Waals surface area contributed by atoms with Crippen molar-refractivity contribution in [3.63, 3.8) is 0 Å². The molecule has 0 atom stereocenters. The monoisotopic (exact) mass is 352 g/mol. The zero-order chi connectivity index (χ0) is 18.7. The molecule has 3 rings (SSSR count). The first-order chi connectivity index (χ1) is 12.5. The van der Waals surface area contributed by atoms with Crippen molar-refractivity contribution < 1.29 is 19.1 Å². The molecule has 7 heteroatoms. The van der Waals surface area contributed by atoms with Crippen molar-refractivity contribution in [2.24, 2.45) is 0 Å². The van der Waals surface area contributed by atoms with Crippen molar-refractivity contribution >= 4 is 22.6 Å². The van der Waals surface area contributed by atoms with E-state index in [9.17, 15) is 14.4 Å². The number of amides is 1. The summed E-state index contributed by atoms with van der Waals surface area (Å²) in [6, 6.07) is 13.0. The fraction of sp³-hybridized carbons (Fsp3) is 0.105. The van der Waals surface area contributed by atoms with Crippen LogP contribution in [0.4, 0.5) is 0 Å². The minimum atomic E-state index is -0.603. The molecule has 0 fully saturated rings. The molecule has 1 heterocycles. The second-order valence-electron chi connectivity index (χ2n) is 5.42. The van der Waals surface area contributed by atoms with Gasteiger partial charge in [-0.15, -0.1) is 0 Å². The summed E-state index contributed by atoms with van der Waals surface area (Å²) in [7, 11) is 2.78. The summed E-state index contributed by atoms with van der Waals surface area (Å²) in [4.78, 5) is 37.1. The lowest BCUT2D eigenvalue weighted by Crippen LogP contribution is -2.33. The Morgan fingerprint density at radius 3 is 2.23 bits per heavy atom. The number of nitrogens with one attached hydrogen (secondary N) is 1. The summed E-state index contributed by atoms with van der Waals surface area (Å²) in [6.45, 7) is 0. The Morgan fingerprint density at radius 1 is 0.962 bits per heavy atom. The molecule has 1 aromatic heterocycles. The zero-order valence-corrected chi connectivity index (χ0v) is 14.2. The van der Waals surface area contributed by atoms with Gasteiger partial charge in [-0.25, -0.2) is 9.47 Å². The summed E-state index contributed by atoms with van der Waals surface area (Å²) in [6.07, 6.45) is 1.26. The van der Waals surface area contributed by atoms with E-state index >= 15 is 0 Å². The number of methoxy groups -OCH3 is 2. The Balaban J connectivity index is 2.04. The fourth-order valence-corrected chi connectivity index (χ4v) is 2.56. The SMILES string of the molecule is COC(=O)c1cn(NC(=O)c2ccc(OC)cc2)c(=O)c2ccccc12. The highest BCUT2D eigenvalue weighted by molar-refractivity contribution is 6.04. The van der Waals surface area contributed by atoms with E-state index in [0.717, 1.165) is 4.68 Å². The van der Waals surface area contributed by atoms with Crippen molar-refractivity contribution in [1.82, 2.24) is 4.68 Å². The minimum Gasteiger partial charge on any atom is -0.497 e. The first-order valence-corrected chi connectivity index (χ1v) is 7.73. The molecule has 132 valence electrons. The average Bonchev–Trinajstić information content (AvgIpc) is 2.69. The predicted octanol–water partition coefficient (Wildman–Crippen LogP) is 2.18. The second kappa shape index (κ2) is 7.10. The normalized spacial score (nSPS) is 10.4. The Kier molecular flexibility index (Phi) is 4.70. The van der Waals surface area contributed by atoms with E-state index in [4.69, 9.17) is 9.47 Å².